The fourth-order valence-corrected chi connectivity index (χ4v) is 5.03. The molecule has 4 rings (SSSR count). The summed E-state index contributed by atoms with van der Waals surface area (Å²) < 4.78 is 0. The number of likely N-dealkylation sites (tertiary alicyclic amines) is 1. The van der Waals surface area contributed by atoms with Crippen LogP contribution in [0.15, 0.2) is 48.5 Å². The first-order chi connectivity index (χ1) is 15.6. The molecule has 2 aliphatic rings. The van der Waals surface area contributed by atoms with E-state index in [0.29, 0.717) is 16.0 Å². The second-order valence-electron chi connectivity index (χ2n) is 8.89. The molecule has 1 atom stereocenters. The summed E-state index contributed by atoms with van der Waals surface area (Å²) in [6, 6.07) is 15.6. The Bertz CT molecular complexity index is 887. The SMILES string of the molecule is O=C(Nc1ccccc1)N1CCN(C[C@@H]2CCCN(CCc3ccc(Cl)c(Cl)c3)C2)CC1. The Morgan fingerprint density at radius 1 is 0.938 bits per heavy atom. The average molecular weight is 475 g/mol. The number of carbonyl (C=O) groups excluding carboxylic acids is 1. The van der Waals surface area contributed by atoms with E-state index in [9.17, 15) is 4.79 Å². The van der Waals surface area contributed by atoms with E-state index in [0.717, 1.165) is 57.9 Å². The van der Waals surface area contributed by atoms with E-state index in [1.165, 1.54) is 24.9 Å². The third-order valence-corrected chi connectivity index (χ3v) is 7.24. The summed E-state index contributed by atoms with van der Waals surface area (Å²) in [5.41, 5.74) is 2.09. The van der Waals surface area contributed by atoms with Crippen LogP contribution in [0.4, 0.5) is 10.5 Å². The number of hydrogen-bond donors (Lipinski definition) is 1. The third-order valence-electron chi connectivity index (χ3n) is 6.50. The number of rotatable bonds is 6. The number of piperidine rings is 1. The van der Waals surface area contributed by atoms with Crippen molar-refractivity contribution in [1.82, 2.24) is 14.7 Å². The largest absolute Gasteiger partial charge is 0.322 e. The predicted octanol–water partition coefficient (Wildman–Crippen LogP) is 5.10. The standard InChI is InChI=1S/C25H32Cl2N4O/c26-23-9-8-20(17-24(23)27)10-12-29-11-4-5-21(18-29)19-30-13-15-31(16-14-30)25(32)28-22-6-2-1-3-7-22/h1-3,6-9,17,21H,4-5,10-16,18-19H2,(H,28,32)/t21-/m1/s1. The van der Waals surface area contributed by atoms with Gasteiger partial charge < -0.3 is 15.1 Å². The molecule has 1 N–H and O–H groups in total. The van der Waals surface area contributed by atoms with Gasteiger partial charge in [-0.25, -0.2) is 4.79 Å². The van der Waals surface area contributed by atoms with Crippen LogP contribution in [0.2, 0.25) is 10.0 Å². The molecule has 2 heterocycles. The Balaban J connectivity index is 1.18. The highest BCUT2D eigenvalue weighted by atomic mass is 35.5. The van der Waals surface area contributed by atoms with E-state index in [1.807, 2.05) is 47.4 Å². The minimum absolute atomic E-state index is 0.00185. The zero-order valence-electron chi connectivity index (χ0n) is 18.5. The summed E-state index contributed by atoms with van der Waals surface area (Å²) >= 11 is 12.2. The van der Waals surface area contributed by atoms with Crippen molar-refractivity contribution in [2.75, 3.05) is 57.7 Å². The minimum Gasteiger partial charge on any atom is -0.322 e. The molecule has 0 spiro atoms. The molecule has 2 aliphatic heterocycles. The first-order valence-corrected chi connectivity index (χ1v) is 12.3. The maximum absolute atomic E-state index is 12.5. The molecule has 2 amide bonds. The lowest BCUT2D eigenvalue weighted by Gasteiger charge is -2.39. The molecule has 5 nitrogen and oxygen atoms in total. The maximum Gasteiger partial charge on any atom is 0.321 e. The minimum atomic E-state index is 0.00185. The van der Waals surface area contributed by atoms with Crippen LogP contribution in [0.25, 0.3) is 0 Å². The number of carbonyl (C=O) groups is 1. The quantitative estimate of drug-likeness (QED) is 0.632. The van der Waals surface area contributed by atoms with Crippen LogP contribution in [0, 0.1) is 5.92 Å². The first kappa shape index (κ1) is 23.4. The van der Waals surface area contributed by atoms with E-state index < -0.39 is 0 Å². The Labute approximate surface area is 201 Å². The summed E-state index contributed by atoms with van der Waals surface area (Å²) in [4.78, 5) is 19.5. The van der Waals surface area contributed by atoms with Gasteiger partial charge in [0.25, 0.3) is 0 Å². The van der Waals surface area contributed by atoms with Gasteiger partial charge in [-0.2, -0.15) is 0 Å². The van der Waals surface area contributed by atoms with Crippen LogP contribution in [0.5, 0.6) is 0 Å². The molecule has 0 saturated carbocycles. The van der Waals surface area contributed by atoms with E-state index in [-0.39, 0.29) is 6.03 Å². The molecule has 0 aromatic heterocycles. The van der Waals surface area contributed by atoms with Crippen LogP contribution in [0.3, 0.4) is 0 Å². The number of piperazine rings is 1. The Kier molecular flexibility index (Phi) is 8.31. The molecule has 172 valence electrons. The van der Waals surface area contributed by atoms with Crippen molar-refractivity contribution in [2.24, 2.45) is 5.92 Å². The molecule has 2 aromatic carbocycles. The molecule has 2 fully saturated rings. The average Bonchev–Trinajstić information content (AvgIpc) is 2.81. The van der Waals surface area contributed by atoms with E-state index in [4.69, 9.17) is 23.2 Å². The summed E-state index contributed by atoms with van der Waals surface area (Å²) in [5, 5.41) is 4.25. The zero-order valence-corrected chi connectivity index (χ0v) is 20.0. The Morgan fingerprint density at radius 3 is 2.47 bits per heavy atom. The highest BCUT2D eigenvalue weighted by Crippen LogP contribution is 2.24. The predicted molar refractivity (Wildman–Crippen MR) is 133 cm³/mol. The van der Waals surface area contributed by atoms with Crippen molar-refractivity contribution < 1.29 is 4.79 Å². The number of nitrogens with one attached hydrogen (secondary N) is 1. The van der Waals surface area contributed by atoms with Crippen molar-refractivity contribution >= 4 is 34.9 Å². The number of halogens is 2. The molecule has 32 heavy (non-hydrogen) atoms. The summed E-state index contributed by atoms with van der Waals surface area (Å²) in [6.45, 7) is 7.96. The molecule has 0 unspecified atom stereocenters. The van der Waals surface area contributed by atoms with Crippen LogP contribution >= 0.6 is 23.2 Å². The van der Waals surface area contributed by atoms with Crippen LogP contribution in [0.1, 0.15) is 18.4 Å². The number of hydrogen-bond acceptors (Lipinski definition) is 3. The summed E-state index contributed by atoms with van der Waals surface area (Å²) in [5.74, 6) is 0.697. The van der Waals surface area contributed by atoms with Crippen LogP contribution in [-0.2, 0) is 6.42 Å². The second kappa shape index (κ2) is 11.4. The Hall–Kier alpha value is -1.79. The topological polar surface area (TPSA) is 38.8 Å². The van der Waals surface area contributed by atoms with Gasteiger partial charge in [0.2, 0.25) is 0 Å². The first-order valence-electron chi connectivity index (χ1n) is 11.6. The highest BCUT2D eigenvalue weighted by Gasteiger charge is 2.26. The number of nitrogens with zero attached hydrogens (tertiary/aromatic N) is 3. The van der Waals surface area contributed by atoms with Gasteiger partial charge in [-0.3, -0.25) is 4.90 Å². The molecule has 0 aliphatic carbocycles. The van der Waals surface area contributed by atoms with Crippen LogP contribution < -0.4 is 5.32 Å². The van der Waals surface area contributed by atoms with Crippen molar-refractivity contribution in [3.8, 4) is 0 Å². The zero-order chi connectivity index (χ0) is 22.3. The third kappa shape index (κ3) is 6.61. The summed E-state index contributed by atoms with van der Waals surface area (Å²) in [7, 11) is 0. The molecule has 2 aromatic rings. The lowest BCUT2D eigenvalue weighted by atomic mass is 9.96. The number of amides is 2. The van der Waals surface area contributed by atoms with Gasteiger partial charge in [0.05, 0.1) is 10.0 Å². The molecule has 2 saturated heterocycles. The lowest BCUT2D eigenvalue weighted by molar-refractivity contribution is 0.101. The van der Waals surface area contributed by atoms with Crippen molar-refractivity contribution in [3.05, 3.63) is 64.1 Å². The molecule has 0 radical (unpaired) electrons. The number of benzene rings is 2. The van der Waals surface area contributed by atoms with Crippen LogP contribution in [-0.4, -0.2) is 73.1 Å². The molecular weight excluding hydrogens is 443 g/mol. The number of urea groups is 1. The van der Waals surface area contributed by atoms with Gasteiger partial charge in [0.1, 0.15) is 0 Å². The molecule has 7 heteroatoms. The smallest absolute Gasteiger partial charge is 0.321 e. The van der Waals surface area contributed by atoms with Crippen molar-refractivity contribution in [2.45, 2.75) is 19.3 Å². The monoisotopic (exact) mass is 474 g/mol. The van der Waals surface area contributed by atoms with Gasteiger partial charge in [-0.15, -0.1) is 0 Å². The lowest BCUT2D eigenvalue weighted by Crippen LogP contribution is -2.52. The number of para-hydroxylation sites is 1. The van der Waals surface area contributed by atoms with Gasteiger partial charge in [0.15, 0.2) is 0 Å². The normalized spacial score (nSPS) is 20.3. The van der Waals surface area contributed by atoms with Gasteiger partial charge in [-0.05, 0) is 61.6 Å². The van der Waals surface area contributed by atoms with E-state index >= 15 is 0 Å². The summed E-state index contributed by atoms with van der Waals surface area (Å²) in [6.07, 6.45) is 3.54. The second-order valence-corrected chi connectivity index (χ2v) is 9.71. The van der Waals surface area contributed by atoms with Gasteiger partial charge >= 0.3 is 6.03 Å². The Morgan fingerprint density at radius 2 is 1.72 bits per heavy atom. The van der Waals surface area contributed by atoms with Gasteiger partial charge in [-0.1, -0.05) is 47.5 Å². The van der Waals surface area contributed by atoms with E-state index in [2.05, 4.69) is 21.2 Å². The van der Waals surface area contributed by atoms with E-state index in [1.54, 1.807) is 0 Å². The number of anilines is 1. The molecule has 0 bridgehead atoms. The molecular formula is C25H32Cl2N4O. The highest BCUT2D eigenvalue weighted by molar-refractivity contribution is 6.42. The van der Waals surface area contributed by atoms with Crippen molar-refractivity contribution in [3.63, 3.8) is 0 Å². The van der Waals surface area contributed by atoms with Crippen molar-refractivity contribution in [1.29, 1.82) is 0 Å². The van der Waals surface area contributed by atoms with Gasteiger partial charge in [0, 0.05) is 51.5 Å². The maximum atomic E-state index is 12.5. The fraction of sp³-hybridized carbons (Fsp3) is 0.480. The fourth-order valence-electron chi connectivity index (χ4n) is 4.71.